The van der Waals surface area contributed by atoms with Gasteiger partial charge in [0.1, 0.15) is 12.4 Å². The van der Waals surface area contributed by atoms with Crippen molar-refractivity contribution in [1.82, 2.24) is 4.98 Å². The maximum atomic E-state index is 11.8. The predicted octanol–water partition coefficient (Wildman–Crippen LogP) is 2.30. The molecule has 1 aromatic rings. The number of aromatic nitrogens is 1. The van der Waals surface area contributed by atoms with Crippen LogP contribution in [0.4, 0.5) is 14.6 Å². The predicted molar refractivity (Wildman–Crippen MR) is 54.1 cm³/mol. The van der Waals surface area contributed by atoms with Crippen molar-refractivity contribution in [2.75, 3.05) is 18.5 Å². The molecule has 15 heavy (non-hydrogen) atoms. The van der Waals surface area contributed by atoms with E-state index in [0.717, 1.165) is 12.4 Å². The van der Waals surface area contributed by atoms with Gasteiger partial charge in [0.2, 0.25) is 0 Å². The van der Waals surface area contributed by atoms with Crippen LogP contribution in [0.2, 0.25) is 0 Å². The van der Waals surface area contributed by atoms with Gasteiger partial charge in [0.05, 0.1) is 12.3 Å². The van der Waals surface area contributed by atoms with Crippen molar-refractivity contribution in [3.05, 3.63) is 23.9 Å². The molecule has 0 aromatic carbocycles. The third kappa shape index (κ3) is 4.69. The summed E-state index contributed by atoms with van der Waals surface area (Å²) >= 11 is 0. The first-order valence-electron chi connectivity index (χ1n) is 4.78. The molecule has 1 rings (SSSR count). The molecule has 0 aliphatic carbocycles. The van der Waals surface area contributed by atoms with Crippen LogP contribution in [0.15, 0.2) is 18.2 Å². The number of alkyl halides is 2. The normalized spacial score (nSPS) is 10.7. The highest BCUT2D eigenvalue weighted by atomic mass is 19.3. The molecule has 0 aliphatic heterocycles. The second-order valence-electron chi connectivity index (χ2n) is 2.95. The molecule has 0 amide bonds. The number of pyridine rings is 1. The number of nitrogens with zero attached hydrogens (tertiary/aromatic N) is 1. The Bertz CT molecular complexity index is 295. The van der Waals surface area contributed by atoms with Gasteiger partial charge in [0.15, 0.2) is 0 Å². The summed E-state index contributed by atoms with van der Waals surface area (Å²) in [7, 11) is 0. The van der Waals surface area contributed by atoms with E-state index >= 15 is 0 Å². The van der Waals surface area contributed by atoms with Crippen LogP contribution in [0.5, 0.6) is 0 Å². The number of ether oxygens (including phenoxy) is 1. The molecule has 0 radical (unpaired) electrons. The number of nitrogens with one attached hydrogen (secondary N) is 1. The van der Waals surface area contributed by atoms with Crippen LogP contribution >= 0.6 is 0 Å². The first kappa shape index (κ1) is 11.8. The van der Waals surface area contributed by atoms with E-state index in [-0.39, 0.29) is 6.61 Å². The molecule has 1 aromatic heterocycles. The maximum absolute atomic E-state index is 11.8. The highest BCUT2D eigenvalue weighted by Crippen LogP contribution is 2.06. The average molecular weight is 216 g/mol. The second kappa shape index (κ2) is 6.29. The number of anilines is 1. The first-order chi connectivity index (χ1) is 7.22. The van der Waals surface area contributed by atoms with Gasteiger partial charge in [-0.15, -0.1) is 0 Å². The largest absolute Gasteiger partial charge is 0.370 e. The van der Waals surface area contributed by atoms with Gasteiger partial charge in [-0.05, 0) is 19.1 Å². The quantitative estimate of drug-likeness (QED) is 0.792. The Morgan fingerprint density at radius 2 is 2.27 bits per heavy atom. The van der Waals surface area contributed by atoms with E-state index in [0.29, 0.717) is 5.69 Å². The monoisotopic (exact) mass is 216 g/mol. The van der Waals surface area contributed by atoms with Crippen LogP contribution in [0.1, 0.15) is 12.6 Å². The van der Waals surface area contributed by atoms with Gasteiger partial charge in [-0.1, -0.05) is 6.07 Å². The minimum absolute atomic E-state index is 0.115. The van der Waals surface area contributed by atoms with Crippen molar-refractivity contribution in [2.24, 2.45) is 0 Å². The van der Waals surface area contributed by atoms with Crippen molar-refractivity contribution in [2.45, 2.75) is 20.0 Å². The van der Waals surface area contributed by atoms with Crippen molar-refractivity contribution < 1.29 is 13.5 Å². The van der Waals surface area contributed by atoms with E-state index in [4.69, 9.17) is 4.74 Å². The maximum Gasteiger partial charge on any atom is 0.261 e. The van der Waals surface area contributed by atoms with Crippen molar-refractivity contribution >= 4 is 5.82 Å². The van der Waals surface area contributed by atoms with Gasteiger partial charge < -0.3 is 10.1 Å². The molecular weight excluding hydrogens is 202 g/mol. The molecule has 0 bridgehead atoms. The number of hydrogen-bond acceptors (Lipinski definition) is 3. The summed E-state index contributed by atoms with van der Waals surface area (Å²) in [6.07, 6.45) is -2.43. The standard InChI is InChI=1S/C10H14F2N2O/c1-2-13-10-5-3-4-8(14-10)6-15-7-9(11)12/h3-5,9H,2,6-7H2,1H3,(H,13,14). The van der Waals surface area contributed by atoms with Gasteiger partial charge in [0, 0.05) is 6.54 Å². The average Bonchev–Trinajstić information content (AvgIpc) is 2.18. The lowest BCUT2D eigenvalue weighted by Crippen LogP contribution is -2.06. The molecule has 0 aliphatic rings. The van der Waals surface area contributed by atoms with Gasteiger partial charge in [-0.25, -0.2) is 13.8 Å². The Morgan fingerprint density at radius 1 is 1.47 bits per heavy atom. The van der Waals surface area contributed by atoms with Crippen LogP contribution in [0, 0.1) is 0 Å². The number of rotatable bonds is 6. The van der Waals surface area contributed by atoms with Gasteiger partial charge in [-0.2, -0.15) is 0 Å². The van der Waals surface area contributed by atoms with E-state index in [1.54, 1.807) is 6.07 Å². The molecule has 0 saturated heterocycles. The van der Waals surface area contributed by atoms with E-state index in [1.807, 2.05) is 19.1 Å². The van der Waals surface area contributed by atoms with Crippen LogP contribution in [-0.2, 0) is 11.3 Å². The van der Waals surface area contributed by atoms with E-state index in [9.17, 15) is 8.78 Å². The molecule has 0 atom stereocenters. The van der Waals surface area contributed by atoms with Gasteiger partial charge in [-0.3, -0.25) is 0 Å². The van der Waals surface area contributed by atoms with E-state index < -0.39 is 13.0 Å². The van der Waals surface area contributed by atoms with Crippen LogP contribution in [0.25, 0.3) is 0 Å². The molecule has 0 spiro atoms. The minimum Gasteiger partial charge on any atom is -0.370 e. The second-order valence-corrected chi connectivity index (χ2v) is 2.95. The van der Waals surface area contributed by atoms with Gasteiger partial charge in [0.25, 0.3) is 6.43 Å². The highest BCUT2D eigenvalue weighted by Gasteiger charge is 2.03. The summed E-state index contributed by atoms with van der Waals surface area (Å²) in [5.74, 6) is 0.732. The fourth-order valence-corrected chi connectivity index (χ4v) is 1.09. The van der Waals surface area contributed by atoms with Crippen molar-refractivity contribution in [3.8, 4) is 0 Å². The molecule has 1 heterocycles. The Balaban J connectivity index is 2.43. The smallest absolute Gasteiger partial charge is 0.261 e. The summed E-state index contributed by atoms with van der Waals surface area (Å²) in [4.78, 5) is 4.18. The Morgan fingerprint density at radius 3 is 2.93 bits per heavy atom. The van der Waals surface area contributed by atoms with Crippen LogP contribution in [-0.4, -0.2) is 24.6 Å². The zero-order valence-corrected chi connectivity index (χ0v) is 8.54. The lowest BCUT2D eigenvalue weighted by molar-refractivity contribution is 0.00887. The topological polar surface area (TPSA) is 34.1 Å². The van der Waals surface area contributed by atoms with Crippen molar-refractivity contribution in [3.63, 3.8) is 0 Å². The number of halogens is 2. The third-order valence-corrected chi connectivity index (χ3v) is 1.66. The lowest BCUT2D eigenvalue weighted by atomic mass is 10.3. The highest BCUT2D eigenvalue weighted by molar-refractivity contribution is 5.34. The van der Waals surface area contributed by atoms with Crippen LogP contribution < -0.4 is 5.32 Å². The minimum atomic E-state index is -2.43. The molecule has 1 N–H and O–H groups in total. The van der Waals surface area contributed by atoms with E-state index in [1.165, 1.54) is 0 Å². The van der Waals surface area contributed by atoms with E-state index in [2.05, 4.69) is 10.3 Å². The summed E-state index contributed by atoms with van der Waals surface area (Å²) in [6.45, 7) is 2.30. The summed E-state index contributed by atoms with van der Waals surface area (Å²) in [5.41, 5.74) is 0.647. The fraction of sp³-hybridized carbons (Fsp3) is 0.500. The molecule has 3 nitrogen and oxygen atoms in total. The zero-order valence-electron chi connectivity index (χ0n) is 8.54. The first-order valence-corrected chi connectivity index (χ1v) is 4.78. The molecule has 5 heteroatoms. The molecular formula is C10H14F2N2O. The van der Waals surface area contributed by atoms with Crippen molar-refractivity contribution in [1.29, 1.82) is 0 Å². The zero-order chi connectivity index (χ0) is 11.1. The summed E-state index contributed by atoms with van der Waals surface area (Å²) < 4.78 is 28.3. The molecule has 0 fully saturated rings. The summed E-state index contributed by atoms with van der Waals surface area (Å²) in [5, 5.41) is 3.03. The molecule has 0 unspecified atom stereocenters. The lowest BCUT2D eigenvalue weighted by Gasteiger charge is -2.06. The SMILES string of the molecule is CCNc1cccc(COCC(F)F)n1. The summed E-state index contributed by atoms with van der Waals surface area (Å²) in [6, 6.07) is 5.37. The Labute approximate surface area is 87.5 Å². The number of hydrogen-bond donors (Lipinski definition) is 1. The van der Waals surface area contributed by atoms with Crippen LogP contribution in [0.3, 0.4) is 0 Å². The molecule has 84 valence electrons. The molecule has 0 saturated carbocycles. The third-order valence-electron chi connectivity index (χ3n) is 1.66. The van der Waals surface area contributed by atoms with Gasteiger partial charge >= 0.3 is 0 Å². The Kier molecular flexibility index (Phi) is 4.97. The Hall–Kier alpha value is -1.23. The fourth-order valence-electron chi connectivity index (χ4n) is 1.09.